The Morgan fingerprint density at radius 3 is 2.00 bits per heavy atom. The Bertz CT molecular complexity index is 327. The van der Waals surface area contributed by atoms with Crippen LogP contribution in [-0.2, 0) is 4.79 Å². The monoisotopic (exact) mass is 306 g/mol. The number of carboxylic acid groups (broad SMARTS) is 1. The van der Waals surface area contributed by atoms with Crippen molar-refractivity contribution in [2.45, 2.75) is 84.0 Å². The molecule has 0 amide bonds. The molecule has 0 aromatic rings. The Labute approximate surface area is 137 Å². The van der Waals surface area contributed by atoms with E-state index in [2.05, 4.69) is 43.4 Å². The zero-order valence-electron chi connectivity index (χ0n) is 14.3. The van der Waals surface area contributed by atoms with Crippen LogP contribution in [0, 0.1) is 0 Å². The predicted octanol–water partition coefficient (Wildman–Crippen LogP) is 6.44. The van der Waals surface area contributed by atoms with Gasteiger partial charge in [-0.3, -0.25) is 4.79 Å². The summed E-state index contributed by atoms with van der Waals surface area (Å²) in [5, 5.41) is 8.52. The van der Waals surface area contributed by atoms with E-state index in [4.69, 9.17) is 5.11 Å². The van der Waals surface area contributed by atoms with Gasteiger partial charge in [0.2, 0.25) is 0 Å². The molecule has 0 saturated carbocycles. The van der Waals surface area contributed by atoms with Crippen molar-refractivity contribution >= 4 is 5.97 Å². The molecule has 0 aromatic carbocycles. The minimum atomic E-state index is -0.677. The summed E-state index contributed by atoms with van der Waals surface area (Å²) in [6.07, 6.45) is 26.3. The fourth-order valence-corrected chi connectivity index (χ4v) is 2.18. The number of allylic oxidation sites excluding steroid dienone is 6. The quantitative estimate of drug-likeness (QED) is 0.215. The van der Waals surface area contributed by atoms with Gasteiger partial charge in [-0.25, -0.2) is 0 Å². The van der Waals surface area contributed by atoms with Gasteiger partial charge in [-0.15, -0.1) is 0 Å². The first kappa shape index (κ1) is 20.7. The fraction of sp³-hybridized carbons (Fsp3) is 0.650. The van der Waals surface area contributed by atoms with Crippen LogP contribution in [0.4, 0.5) is 0 Å². The highest BCUT2D eigenvalue weighted by atomic mass is 16.4. The van der Waals surface area contributed by atoms with Crippen molar-refractivity contribution in [1.82, 2.24) is 0 Å². The molecule has 0 spiro atoms. The van der Waals surface area contributed by atoms with E-state index in [0.29, 0.717) is 6.42 Å². The summed E-state index contributed by atoms with van der Waals surface area (Å²) in [5.41, 5.74) is 0. The Hall–Kier alpha value is -1.31. The molecular formula is C20H34O2. The topological polar surface area (TPSA) is 37.3 Å². The molecule has 126 valence electrons. The molecule has 1 N–H and O–H groups in total. The Morgan fingerprint density at radius 2 is 1.27 bits per heavy atom. The molecule has 22 heavy (non-hydrogen) atoms. The Kier molecular flexibility index (Phi) is 16.7. The van der Waals surface area contributed by atoms with Crippen LogP contribution >= 0.6 is 0 Å². The van der Waals surface area contributed by atoms with Gasteiger partial charge in [0.15, 0.2) is 0 Å². The number of carboxylic acids is 1. The molecule has 0 atom stereocenters. The maximum absolute atomic E-state index is 10.3. The first-order valence-electron chi connectivity index (χ1n) is 8.95. The second-order valence-corrected chi connectivity index (χ2v) is 5.75. The zero-order valence-corrected chi connectivity index (χ0v) is 14.3. The van der Waals surface area contributed by atoms with E-state index in [-0.39, 0.29) is 0 Å². The lowest BCUT2D eigenvalue weighted by atomic mass is 10.1. The highest BCUT2D eigenvalue weighted by Crippen LogP contribution is 2.06. The Balaban J connectivity index is 3.28. The van der Waals surface area contributed by atoms with Gasteiger partial charge >= 0.3 is 5.97 Å². The molecule has 0 bridgehead atoms. The van der Waals surface area contributed by atoms with Crippen LogP contribution in [0.25, 0.3) is 0 Å². The standard InChI is InChI=1S/C20H34O2/c1-2-3-4-5-6-7-8-9-10-11-12-13-14-15-16-17-18-19-20(21)22/h6-9,12-13H,2-5,10-11,14-19H2,1H3,(H,21,22)/b7-6-,9-8+,13-12-. The van der Waals surface area contributed by atoms with Crippen molar-refractivity contribution in [2.75, 3.05) is 0 Å². The summed E-state index contributed by atoms with van der Waals surface area (Å²) in [6.45, 7) is 2.23. The van der Waals surface area contributed by atoms with Gasteiger partial charge in [-0.2, -0.15) is 0 Å². The maximum Gasteiger partial charge on any atom is 0.303 e. The normalized spacial score (nSPS) is 12.0. The second-order valence-electron chi connectivity index (χ2n) is 5.75. The third-order valence-electron chi connectivity index (χ3n) is 3.54. The molecule has 0 heterocycles. The third-order valence-corrected chi connectivity index (χ3v) is 3.54. The van der Waals surface area contributed by atoms with E-state index in [1.165, 1.54) is 32.1 Å². The van der Waals surface area contributed by atoms with Gasteiger partial charge < -0.3 is 5.11 Å². The SMILES string of the molecule is CCCCC/C=C\C=C\CC/C=C\CCCCCCC(=O)O. The van der Waals surface area contributed by atoms with Crippen molar-refractivity contribution in [1.29, 1.82) is 0 Å². The predicted molar refractivity (Wildman–Crippen MR) is 96.1 cm³/mol. The number of rotatable bonds is 15. The molecule has 2 heteroatoms. The largest absolute Gasteiger partial charge is 0.481 e. The number of carbonyl (C=O) groups is 1. The summed E-state index contributed by atoms with van der Waals surface area (Å²) >= 11 is 0. The number of hydrogen-bond acceptors (Lipinski definition) is 1. The molecular weight excluding hydrogens is 272 g/mol. The number of unbranched alkanes of at least 4 members (excludes halogenated alkanes) is 8. The van der Waals surface area contributed by atoms with E-state index in [1.807, 2.05) is 0 Å². The molecule has 0 aliphatic heterocycles. The lowest BCUT2D eigenvalue weighted by Gasteiger charge is -1.96. The smallest absolute Gasteiger partial charge is 0.303 e. The highest BCUT2D eigenvalue weighted by molar-refractivity contribution is 5.66. The number of hydrogen-bond donors (Lipinski definition) is 1. The Morgan fingerprint density at radius 1 is 0.727 bits per heavy atom. The molecule has 0 rings (SSSR count). The van der Waals surface area contributed by atoms with Gasteiger partial charge in [0.05, 0.1) is 0 Å². The minimum Gasteiger partial charge on any atom is -0.481 e. The lowest BCUT2D eigenvalue weighted by molar-refractivity contribution is -0.137. The van der Waals surface area contributed by atoms with Gasteiger partial charge in [0.1, 0.15) is 0 Å². The summed E-state index contributed by atoms with van der Waals surface area (Å²) in [5.74, 6) is -0.677. The molecule has 0 radical (unpaired) electrons. The molecule has 0 fully saturated rings. The fourth-order valence-electron chi connectivity index (χ4n) is 2.18. The zero-order chi connectivity index (χ0) is 16.3. The highest BCUT2D eigenvalue weighted by Gasteiger charge is 1.95. The van der Waals surface area contributed by atoms with E-state index in [1.54, 1.807) is 0 Å². The molecule has 0 aromatic heterocycles. The van der Waals surface area contributed by atoms with Crippen LogP contribution in [0.15, 0.2) is 36.5 Å². The van der Waals surface area contributed by atoms with Gasteiger partial charge in [0.25, 0.3) is 0 Å². The van der Waals surface area contributed by atoms with Crippen LogP contribution in [0.5, 0.6) is 0 Å². The van der Waals surface area contributed by atoms with Crippen molar-refractivity contribution in [3.63, 3.8) is 0 Å². The summed E-state index contributed by atoms with van der Waals surface area (Å²) < 4.78 is 0. The van der Waals surface area contributed by atoms with Crippen LogP contribution in [-0.4, -0.2) is 11.1 Å². The first-order chi connectivity index (χ1) is 10.8. The molecule has 0 unspecified atom stereocenters. The van der Waals surface area contributed by atoms with Crippen molar-refractivity contribution in [2.24, 2.45) is 0 Å². The average Bonchev–Trinajstić information content (AvgIpc) is 2.50. The summed E-state index contributed by atoms with van der Waals surface area (Å²) in [6, 6.07) is 0. The number of aliphatic carboxylic acids is 1. The third kappa shape index (κ3) is 18.7. The molecule has 0 aliphatic carbocycles. The first-order valence-corrected chi connectivity index (χ1v) is 8.95. The second kappa shape index (κ2) is 17.7. The summed E-state index contributed by atoms with van der Waals surface area (Å²) in [7, 11) is 0. The van der Waals surface area contributed by atoms with Crippen molar-refractivity contribution in [3.8, 4) is 0 Å². The lowest BCUT2D eigenvalue weighted by Crippen LogP contribution is -1.93. The minimum absolute atomic E-state index is 0.315. The van der Waals surface area contributed by atoms with Crippen LogP contribution in [0.3, 0.4) is 0 Å². The van der Waals surface area contributed by atoms with E-state index >= 15 is 0 Å². The average molecular weight is 306 g/mol. The van der Waals surface area contributed by atoms with Crippen LogP contribution in [0.2, 0.25) is 0 Å². The molecule has 0 saturated heterocycles. The van der Waals surface area contributed by atoms with Gasteiger partial charge in [-0.1, -0.05) is 69.1 Å². The molecule has 2 nitrogen and oxygen atoms in total. The van der Waals surface area contributed by atoms with E-state index in [0.717, 1.165) is 38.5 Å². The van der Waals surface area contributed by atoms with Gasteiger partial charge in [-0.05, 0) is 44.9 Å². The van der Waals surface area contributed by atoms with Crippen LogP contribution < -0.4 is 0 Å². The molecule has 0 aliphatic rings. The van der Waals surface area contributed by atoms with Gasteiger partial charge in [0, 0.05) is 6.42 Å². The van der Waals surface area contributed by atoms with E-state index < -0.39 is 5.97 Å². The van der Waals surface area contributed by atoms with Crippen molar-refractivity contribution in [3.05, 3.63) is 36.5 Å². The van der Waals surface area contributed by atoms with Crippen LogP contribution in [0.1, 0.15) is 84.0 Å². The van der Waals surface area contributed by atoms with E-state index in [9.17, 15) is 4.79 Å². The maximum atomic E-state index is 10.3. The summed E-state index contributed by atoms with van der Waals surface area (Å²) in [4.78, 5) is 10.3. The van der Waals surface area contributed by atoms with Crippen molar-refractivity contribution < 1.29 is 9.90 Å².